The number of aliphatic hydroxyl groups is 1. The van der Waals surface area contributed by atoms with Crippen LogP contribution in [0.2, 0.25) is 5.82 Å². The molecule has 1 rings (SSSR count). The summed E-state index contributed by atoms with van der Waals surface area (Å²) in [5, 5.41) is 8.84. The van der Waals surface area contributed by atoms with Crippen LogP contribution in [0.25, 0.3) is 0 Å². The second-order valence-corrected chi connectivity index (χ2v) is 3.27. The Morgan fingerprint density at radius 2 is 2.30 bits per heavy atom. The Morgan fingerprint density at radius 3 is 2.80 bits per heavy atom. The van der Waals surface area contributed by atoms with Gasteiger partial charge in [-0.15, -0.1) is 0 Å². The van der Waals surface area contributed by atoms with Gasteiger partial charge in [0.15, 0.2) is 0 Å². The molecule has 1 aliphatic heterocycles. The van der Waals surface area contributed by atoms with Crippen molar-refractivity contribution in [2.75, 3.05) is 26.7 Å². The van der Waals surface area contributed by atoms with E-state index in [4.69, 9.17) is 13.0 Å². The molecule has 1 N–H and O–H groups in total. The van der Waals surface area contributed by atoms with Crippen LogP contribution in [0.15, 0.2) is 0 Å². The SMILES string of the molecule is [B]C1CC(CO)CN(C)C1. The molecule has 0 aliphatic carbocycles. The van der Waals surface area contributed by atoms with Crippen molar-refractivity contribution in [1.29, 1.82) is 0 Å². The third-order valence-electron chi connectivity index (χ3n) is 2.01. The molecule has 2 atom stereocenters. The van der Waals surface area contributed by atoms with Gasteiger partial charge in [0.25, 0.3) is 0 Å². The largest absolute Gasteiger partial charge is 0.396 e. The maximum absolute atomic E-state index is 8.84. The average Bonchev–Trinajstić information content (AvgIpc) is 1.85. The molecule has 0 saturated carbocycles. The molecule has 10 heavy (non-hydrogen) atoms. The summed E-state index contributed by atoms with van der Waals surface area (Å²) in [6.45, 7) is 2.23. The molecule has 1 fully saturated rings. The Bertz CT molecular complexity index is 99.8. The van der Waals surface area contributed by atoms with Gasteiger partial charge in [-0.3, -0.25) is 0 Å². The van der Waals surface area contributed by atoms with E-state index in [1.54, 1.807) is 0 Å². The molecule has 1 saturated heterocycles. The Kier molecular flexibility index (Phi) is 2.75. The van der Waals surface area contributed by atoms with Crippen LogP contribution < -0.4 is 0 Å². The highest BCUT2D eigenvalue weighted by molar-refractivity contribution is 6.11. The summed E-state index contributed by atoms with van der Waals surface area (Å²) < 4.78 is 0. The van der Waals surface area contributed by atoms with E-state index in [2.05, 4.69) is 4.90 Å². The van der Waals surface area contributed by atoms with Crippen molar-refractivity contribution < 1.29 is 5.11 Å². The molecule has 3 heteroatoms. The Morgan fingerprint density at radius 1 is 1.60 bits per heavy atom. The number of aliphatic hydroxyl groups excluding tert-OH is 1. The fraction of sp³-hybridized carbons (Fsp3) is 1.00. The van der Waals surface area contributed by atoms with Crippen molar-refractivity contribution >= 4 is 7.85 Å². The van der Waals surface area contributed by atoms with Crippen molar-refractivity contribution in [1.82, 2.24) is 4.90 Å². The zero-order valence-electron chi connectivity index (χ0n) is 6.45. The van der Waals surface area contributed by atoms with Crippen LogP contribution in [-0.2, 0) is 0 Å². The predicted octanol–water partition coefficient (Wildman–Crippen LogP) is -0.113. The van der Waals surface area contributed by atoms with Crippen LogP contribution in [-0.4, -0.2) is 44.6 Å². The highest BCUT2D eigenvalue weighted by Gasteiger charge is 2.20. The Balaban J connectivity index is 2.35. The number of rotatable bonds is 1. The minimum absolute atomic E-state index is 0.260. The first kappa shape index (κ1) is 8.09. The lowest BCUT2D eigenvalue weighted by molar-refractivity contribution is 0.139. The third-order valence-corrected chi connectivity index (χ3v) is 2.01. The van der Waals surface area contributed by atoms with Gasteiger partial charge in [-0.1, -0.05) is 12.2 Å². The van der Waals surface area contributed by atoms with Crippen LogP contribution in [0.3, 0.4) is 0 Å². The van der Waals surface area contributed by atoms with Crippen LogP contribution >= 0.6 is 0 Å². The van der Waals surface area contributed by atoms with E-state index in [0.717, 1.165) is 19.5 Å². The molecule has 0 aromatic heterocycles. The van der Waals surface area contributed by atoms with E-state index in [-0.39, 0.29) is 12.4 Å². The molecule has 0 aromatic carbocycles. The van der Waals surface area contributed by atoms with Gasteiger partial charge in [-0.05, 0) is 19.5 Å². The van der Waals surface area contributed by atoms with Gasteiger partial charge in [0.1, 0.15) is 0 Å². The monoisotopic (exact) mass is 139 g/mol. The first-order valence-electron chi connectivity index (χ1n) is 3.77. The average molecular weight is 139 g/mol. The zero-order chi connectivity index (χ0) is 7.56. The van der Waals surface area contributed by atoms with Crippen molar-refractivity contribution in [3.05, 3.63) is 0 Å². The quantitative estimate of drug-likeness (QED) is 0.512. The summed E-state index contributed by atoms with van der Waals surface area (Å²) in [5.41, 5.74) is 0. The number of piperidine rings is 1. The number of hydrogen-bond donors (Lipinski definition) is 1. The summed E-state index contributed by atoms with van der Waals surface area (Å²) in [4.78, 5) is 2.18. The van der Waals surface area contributed by atoms with Gasteiger partial charge in [0.2, 0.25) is 0 Å². The Labute approximate surface area is 63.6 Å². The minimum atomic E-state index is 0.260. The maximum Gasteiger partial charge on any atom is 0.0717 e. The summed E-state index contributed by atoms with van der Waals surface area (Å²) in [7, 11) is 7.78. The van der Waals surface area contributed by atoms with Gasteiger partial charge in [0.05, 0.1) is 7.85 Å². The fourth-order valence-electron chi connectivity index (χ4n) is 1.63. The second-order valence-electron chi connectivity index (χ2n) is 3.27. The fourth-order valence-corrected chi connectivity index (χ4v) is 1.63. The zero-order valence-corrected chi connectivity index (χ0v) is 6.45. The maximum atomic E-state index is 8.84. The van der Waals surface area contributed by atoms with Gasteiger partial charge in [0, 0.05) is 13.2 Å². The molecule has 0 bridgehead atoms. The molecule has 2 unspecified atom stereocenters. The van der Waals surface area contributed by atoms with E-state index in [1.807, 2.05) is 7.05 Å². The second kappa shape index (κ2) is 3.40. The van der Waals surface area contributed by atoms with E-state index in [1.165, 1.54) is 0 Å². The van der Waals surface area contributed by atoms with Gasteiger partial charge >= 0.3 is 0 Å². The lowest BCUT2D eigenvalue weighted by Crippen LogP contribution is -2.36. The minimum Gasteiger partial charge on any atom is -0.396 e. The molecule has 1 heterocycles. The lowest BCUT2D eigenvalue weighted by atomic mass is 9.77. The van der Waals surface area contributed by atoms with E-state index >= 15 is 0 Å². The molecule has 0 aromatic rings. The highest BCUT2D eigenvalue weighted by atomic mass is 16.3. The van der Waals surface area contributed by atoms with Crippen LogP contribution in [0.4, 0.5) is 0 Å². The summed E-state index contributed by atoms with van der Waals surface area (Å²) >= 11 is 0. The standard InChI is InChI=1S/C7H14BNO/c1-9-3-6(5-10)2-7(8)4-9/h6-7,10H,2-5H2,1H3. The van der Waals surface area contributed by atoms with Gasteiger partial charge in [-0.25, -0.2) is 0 Å². The lowest BCUT2D eigenvalue weighted by Gasteiger charge is -2.33. The van der Waals surface area contributed by atoms with E-state index < -0.39 is 0 Å². The molecular weight excluding hydrogens is 125 g/mol. The van der Waals surface area contributed by atoms with E-state index in [0.29, 0.717) is 5.92 Å². The summed E-state index contributed by atoms with van der Waals surface area (Å²) in [6, 6.07) is 0. The van der Waals surface area contributed by atoms with Crippen molar-refractivity contribution in [2.45, 2.75) is 12.2 Å². The molecule has 2 radical (unpaired) electrons. The first-order valence-corrected chi connectivity index (χ1v) is 3.77. The smallest absolute Gasteiger partial charge is 0.0717 e. The van der Waals surface area contributed by atoms with Crippen LogP contribution in [0, 0.1) is 5.92 Å². The number of nitrogens with zero attached hydrogens (tertiary/aromatic N) is 1. The first-order chi connectivity index (χ1) is 4.72. The number of likely N-dealkylation sites (tertiary alicyclic amines) is 1. The van der Waals surface area contributed by atoms with Crippen molar-refractivity contribution in [3.8, 4) is 0 Å². The van der Waals surface area contributed by atoms with Crippen molar-refractivity contribution in [3.63, 3.8) is 0 Å². The molecule has 0 spiro atoms. The molecule has 0 amide bonds. The van der Waals surface area contributed by atoms with Gasteiger partial charge in [-0.2, -0.15) is 0 Å². The molecule has 56 valence electrons. The molecule has 1 aliphatic rings. The summed E-state index contributed by atoms with van der Waals surface area (Å²) in [6.07, 6.45) is 0.973. The van der Waals surface area contributed by atoms with Crippen molar-refractivity contribution in [2.24, 2.45) is 5.92 Å². The normalized spacial score (nSPS) is 36.2. The summed E-state index contributed by atoms with van der Waals surface area (Å²) in [5.74, 6) is 0.657. The predicted molar refractivity (Wildman–Crippen MR) is 42.2 cm³/mol. The van der Waals surface area contributed by atoms with Crippen LogP contribution in [0.1, 0.15) is 6.42 Å². The van der Waals surface area contributed by atoms with Gasteiger partial charge < -0.3 is 10.0 Å². The number of hydrogen-bond acceptors (Lipinski definition) is 2. The molecule has 2 nitrogen and oxygen atoms in total. The topological polar surface area (TPSA) is 23.5 Å². The van der Waals surface area contributed by atoms with Crippen LogP contribution in [0.5, 0.6) is 0 Å². The van der Waals surface area contributed by atoms with E-state index in [9.17, 15) is 0 Å². The molecular formula is C7H14BNO. The Hall–Kier alpha value is -0.0151. The third kappa shape index (κ3) is 1.99. The highest BCUT2D eigenvalue weighted by Crippen LogP contribution is 2.21.